The highest BCUT2D eigenvalue weighted by molar-refractivity contribution is 5.72. The molecule has 25 heavy (non-hydrogen) atoms. The van der Waals surface area contributed by atoms with E-state index in [-0.39, 0.29) is 0 Å². The minimum Gasteiger partial charge on any atom is -0.439 e. The third-order valence-electron chi connectivity index (χ3n) is 4.33. The molecule has 4 aromatic rings. The maximum absolute atomic E-state index is 6.05. The number of rotatable bonds is 3. The fourth-order valence-corrected chi connectivity index (χ4v) is 3.10. The first-order chi connectivity index (χ1) is 12.1. The Kier molecular flexibility index (Phi) is 3.69. The van der Waals surface area contributed by atoms with Gasteiger partial charge in [0.15, 0.2) is 0 Å². The average Bonchev–Trinajstić information content (AvgIpc) is 3.06. The second kappa shape index (κ2) is 6.02. The van der Waals surface area contributed by atoms with Gasteiger partial charge in [-0.2, -0.15) is 0 Å². The van der Waals surface area contributed by atoms with Crippen molar-refractivity contribution in [2.24, 2.45) is 0 Å². The highest BCUT2D eigenvalue weighted by Crippen LogP contribution is 2.31. The lowest BCUT2D eigenvalue weighted by atomic mass is 9.98. The first-order valence-electron chi connectivity index (χ1n) is 8.11. The molecule has 0 bridgehead atoms. The van der Waals surface area contributed by atoms with E-state index >= 15 is 0 Å². The molecule has 124 valence electrons. The van der Waals surface area contributed by atoms with Crippen LogP contribution in [0.3, 0.4) is 0 Å². The molecule has 0 aliphatic carbocycles. The van der Waals surface area contributed by atoms with Gasteiger partial charge in [0.25, 0.3) is 0 Å². The minimum atomic E-state index is 0.685. The Labute approximate surface area is 146 Å². The third kappa shape index (κ3) is 2.74. The van der Waals surface area contributed by atoms with Crippen molar-refractivity contribution in [2.45, 2.75) is 20.8 Å². The smallest absolute Gasteiger partial charge is 0.223 e. The maximum atomic E-state index is 6.05. The van der Waals surface area contributed by atoms with Gasteiger partial charge in [-0.1, -0.05) is 6.07 Å². The molecule has 0 saturated carbocycles. The largest absolute Gasteiger partial charge is 0.439 e. The summed E-state index contributed by atoms with van der Waals surface area (Å²) in [6.07, 6.45) is 7.09. The van der Waals surface area contributed by atoms with Gasteiger partial charge in [0, 0.05) is 23.1 Å². The number of aryl methyl sites for hydroxylation is 3. The van der Waals surface area contributed by atoms with E-state index in [2.05, 4.69) is 27.9 Å². The van der Waals surface area contributed by atoms with Crippen molar-refractivity contribution in [3.05, 3.63) is 72.2 Å². The molecular formula is C20H18N4O. The zero-order chi connectivity index (χ0) is 17.4. The molecule has 0 N–H and O–H groups in total. The SMILES string of the molecule is Cc1cc(Oc2cncc3cccn23)ccc1-c1c(C)ncnc1C. The molecule has 3 heterocycles. The molecule has 4 rings (SSSR count). The highest BCUT2D eigenvalue weighted by atomic mass is 16.5. The van der Waals surface area contributed by atoms with Crippen molar-refractivity contribution in [3.8, 4) is 22.8 Å². The lowest BCUT2D eigenvalue weighted by Gasteiger charge is -2.13. The molecule has 0 aliphatic rings. The zero-order valence-electron chi connectivity index (χ0n) is 14.4. The molecule has 0 spiro atoms. The van der Waals surface area contributed by atoms with Crippen LogP contribution in [0.1, 0.15) is 17.0 Å². The third-order valence-corrected chi connectivity index (χ3v) is 4.33. The molecular weight excluding hydrogens is 312 g/mol. The molecule has 0 radical (unpaired) electrons. The summed E-state index contributed by atoms with van der Waals surface area (Å²) < 4.78 is 8.02. The average molecular weight is 330 g/mol. The Balaban J connectivity index is 1.72. The normalized spacial score (nSPS) is 11.0. The van der Waals surface area contributed by atoms with Gasteiger partial charge in [0.05, 0.1) is 17.9 Å². The van der Waals surface area contributed by atoms with E-state index in [0.29, 0.717) is 5.88 Å². The highest BCUT2D eigenvalue weighted by Gasteiger charge is 2.12. The second-order valence-corrected chi connectivity index (χ2v) is 6.05. The van der Waals surface area contributed by atoms with E-state index in [1.54, 1.807) is 12.5 Å². The minimum absolute atomic E-state index is 0.685. The van der Waals surface area contributed by atoms with Gasteiger partial charge in [-0.05, 0) is 56.2 Å². The van der Waals surface area contributed by atoms with E-state index in [0.717, 1.165) is 39.3 Å². The number of nitrogens with zero attached hydrogens (tertiary/aromatic N) is 4. The van der Waals surface area contributed by atoms with Crippen LogP contribution in [0.5, 0.6) is 11.6 Å². The summed E-state index contributed by atoms with van der Waals surface area (Å²) in [7, 11) is 0. The quantitative estimate of drug-likeness (QED) is 0.554. The first kappa shape index (κ1) is 15.3. The monoisotopic (exact) mass is 330 g/mol. The number of aromatic nitrogens is 4. The Morgan fingerprint density at radius 2 is 1.76 bits per heavy atom. The molecule has 0 atom stereocenters. The van der Waals surface area contributed by atoms with Gasteiger partial charge in [0.2, 0.25) is 5.88 Å². The predicted molar refractivity (Wildman–Crippen MR) is 96.9 cm³/mol. The molecule has 0 unspecified atom stereocenters. The summed E-state index contributed by atoms with van der Waals surface area (Å²) in [5, 5.41) is 0. The van der Waals surface area contributed by atoms with E-state index in [1.165, 1.54) is 0 Å². The summed E-state index contributed by atoms with van der Waals surface area (Å²) in [5.74, 6) is 1.46. The topological polar surface area (TPSA) is 52.3 Å². The van der Waals surface area contributed by atoms with Gasteiger partial charge in [-0.15, -0.1) is 0 Å². The van der Waals surface area contributed by atoms with Gasteiger partial charge < -0.3 is 4.74 Å². The van der Waals surface area contributed by atoms with Crippen LogP contribution in [-0.2, 0) is 0 Å². The van der Waals surface area contributed by atoms with Crippen molar-refractivity contribution in [3.63, 3.8) is 0 Å². The zero-order valence-corrected chi connectivity index (χ0v) is 14.4. The van der Waals surface area contributed by atoms with Crippen LogP contribution in [0.15, 0.2) is 55.2 Å². The number of ether oxygens (including phenoxy) is 1. The van der Waals surface area contributed by atoms with Crippen LogP contribution >= 0.6 is 0 Å². The van der Waals surface area contributed by atoms with Gasteiger partial charge >= 0.3 is 0 Å². The van der Waals surface area contributed by atoms with Crippen molar-refractivity contribution in [1.82, 2.24) is 19.4 Å². The summed E-state index contributed by atoms with van der Waals surface area (Å²) in [6, 6.07) is 10.0. The molecule has 1 aromatic carbocycles. The molecule has 0 fully saturated rings. The van der Waals surface area contributed by atoms with E-state index in [4.69, 9.17) is 4.74 Å². The Bertz CT molecular complexity index is 1050. The van der Waals surface area contributed by atoms with Crippen LogP contribution < -0.4 is 4.74 Å². The van der Waals surface area contributed by atoms with Gasteiger partial charge in [-0.3, -0.25) is 9.38 Å². The molecule has 5 heteroatoms. The fourth-order valence-electron chi connectivity index (χ4n) is 3.10. The number of hydrogen-bond acceptors (Lipinski definition) is 4. The van der Waals surface area contributed by atoms with Crippen LogP contribution in [-0.4, -0.2) is 19.4 Å². The number of benzene rings is 1. The second-order valence-electron chi connectivity index (χ2n) is 6.05. The molecule has 5 nitrogen and oxygen atoms in total. The molecule has 0 saturated heterocycles. The van der Waals surface area contributed by atoms with E-state index < -0.39 is 0 Å². The number of fused-ring (bicyclic) bond motifs is 1. The summed E-state index contributed by atoms with van der Waals surface area (Å²) in [5.41, 5.74) is 6.28. The number of hydrogen-bond donors (Lipinski definition) is 0. The van der Waals surface area contributed by atoms with Crippen molar-refractivity contribution in [1.29, 1.82) is 0 Å². The van der Waals surface area contributed by atoms with E-state index in [1.807, 2.05) is 54.9 Å². The Morgan fingerprint density at radius 1 is 0.960 bits per heavy atom. The van der Waals surface area contributed by atoms with Crippen molar-refractivity contribution in [2.75, 3.05) is 0 Å². The van der Waals surface area contributed by atoms with Crippen LogP contribution in [0, 0.1) is 20.8 Å². The Morgan fingerprint density at radius 3 is 2.52 bits per heavy atom. The molecule has 0 aliphatic heterocycles. The standard InChI is InChI=1S/C20H18N4O/c1-13-9-17(25-19-11-21-10-16-5-4-8-24(16)19)6-7-18(13)20-14(2)22-12-23-15(20)3/h4-12H,1-3H3. The van der Waals surface area contributed by atoms with Gasteiger partial charge in [-0.25, -0.2) is 9.97 Å². The lowest BCUT2D eigenvalue weighted by molar-refractivity contribution is 0.453. The van der Waals surface area contributed by atoms with Crippen molar-refractivity contribution >= 4 is 5.52 Å². The first-order valence-corrected chi connectivity index (χ1v) is 8.11. The summed E-state index contributed by atoms with van der Waals surface area (Å²) in [6.45, 7) is 6.08. The molecule has 0 amide bonds. The van der Waals surface area contributed by atoms with Crippen LogP contribution in [0.4, 0.5) is 0 Å². The summed E-state index contributed by atoms with van der Waals surface area (Å²) >= 11 is 0. The fraction of sp³-hybridized carbons (Fsp3) is 0.150. The van der Waals surface area contributed by atoms with Gasteiger partial charge in [0.1, 0.15) is 12.1 Å². The molecule has 3 aromatic heterocycles. The predicted octanol–water partition coefficient (Wildman–Crippen LogP) is 4.51. The van der Waals surface area contributed by atoms with E-state index in [9.17, 15) is 0 Å². The van der Waals surface area contributed by atoms with Crippen LogP contribution in [0.25, 0.3) is 16.6 Å². The summed E-state index contributed by atoms with van der Waals surface area (Å²) in [4.78, 5) is 12.9. The Hall–Kier alpha value is -3.21. The van der Waals surface area contributed by atoms with Crippen molar-refractivity contribution < 1.29 is 4.74 Å². The lowest BCUT2D eigenvalue weighted by Crippen LogP contribution is -1.97. The van der Waals surface area contributed by atoms with Crippen LogP contribution in [0.2, 0.25) is 0 Å². The maximum Gasteiger partial charge on any atom is 0.223 e.